The molecule has 0 spiro atoms. The average Bonchev–Trinajstić information content (AvgIpc) is 2.65. The number of carbonyl (C=O) groups is 1. The molecular weight excluding hydrogens is 354 g/mol. The third-order valence-electron chi connectivity index (χ3n) is 4.51. The van der Waals surface area contributed by atoms with Gasteiger partial charge in [-0.25, -0.2) is 0 Å². The minimum Gasteiger partial charge on any atom is -0.490 e. The fraction of sp³-hybridized carbons (Fsp3) is 0.435. The fourth-order valence-electron chi connectivity index (χ4n) is 2.91. The Morgan fingerprint density at radius 2 is 1.64 bits per heavy atom. The molecule has 0 unspecified atom stereocenters. The van der Waals surface area contributed by atoms with Crippen molar-refractivity contribution in [1.29, 1.82) is 0 Å². The molecule has 0 aliphatic heterocycles. The molecule has 0 radical (unpaired) electrons. The van der Waals surface area contributed by atoms with Crippen molar-refractivity contribution in [3.63, 3.8) is 0 Å². The summed E-state index contributed by atoms with van der Waals surface area (Å²) < 4.78 is 17.1. The van der Waals surface area contributed by atoms with Crippen LogP contribution in [-0.2, 0) is 11.3 Å². The number of nitrogens with one attached hydrogen (secondary N) is 1. The highest BCUT2D eigenvalue weighted by atomic mass is 16.5. The number of rotatable bonds is 9. The summed E-state index contributed by atoms with van der Waals surface area (Å²) in [5, 5.41) is 2.93. The molecule has 2 aromatic carbocycles. The van der Waals surface area contributed by atoms with E-state index in [1.807, 2.05) is 58.9 Å². The van der Waals surface area contributed by atoms with Gasteiger partial charge in [0.05, 0.1) is 13.2 Å². The van der Waals surface area contributed by atoms with E-state index < -0.39 is 6.10 Å². The van der Waals surface area contributed by atoms with Gasteiger partial charge >= 0.3 is 0 Å². The Morgan fingerprint density at radius 1 is 0.964 bits per heavy atom. The Labute approximate surface area is 168 Å². The number of aryl methyl sites for hydroxylation is 2. The first-order chi connectivity index (χ1) is 13.3. The molecule has 2 aromatic rings. The second-order valence-corrected chi connectivity index (χ2v) is 6.83. The van der Waals surface area contributed by atoms with E-state index in [-0.39, 0.29) is 5.91 Å². The maximum Gasteiger partial charge on any atom is 0.261 e. The number of carbonyl (C=O) groups excluding carboxylic acids is 1. The van der Waals surface area contributed by atoms with Gasteiger partial charge in [0.2, 0.25) is 0 Å². The zero-order valence-electron chi connectivity index (χ0n) is 17.7. The monoisotopic (exact) mass is 385 g/mol. The van der Waals surface area contributed by atoms with Gasteiger partial charge in [-0.05, 0) is 82.0 Å². The van der Waals surface area contributed by atoms with Crippen LogP contribution in [0.5, 0.6) is 17.2 Å². The van der Waals surface area contributed by atoms with Crippen molar-refractivity contribution in [2.75, 3.05) is 13.2 Å². The molecule has 5 nitrogen and oxygen atoms in total. The van der Waals surface area contributed by atoms with Crippen molar-refractivity contribution in [2.45, 2.75) is 54.2 Å². The molecule has 0 aromatic heterocycles. The lowest BCUT2D eigenvalue weighted by molar-refractivity contribution is -0.127. The lowest BCUT2D eigenvalue weighted by Gasteiger charge is -2.18. The van der Waals surface area contributed by atoms with E-state index in [1.54, 1.807) is 6.92 Å². The number of hydrogen-bond donors (Lipinski definition) is 1. The van der Waals surface area contributed by atoms with Gasteiger partial charge in [-0.1, -0.05) is 12.1 Å². The third-order valence-corrected chi connectivity index (χ3v) is 4.51. The molecular formula is C23H31NO4. The molecule has 0 saturated carbocycles. The molecule has 5 heteroatoms. The van der Waals surface area contributed by atoms with Crippen molar-refractivity contribution in [3.05, 3.63) is 52.6 Å². The van der Waals surface area contributed by atoms with E-state index in [0.29, 0.717) is 31.3 Å². The van der Waals surface area contributed by atoms with Crippen LogP contribution in [0.2, 0.25) is 0 Å². The van der Waals surface area contributed by atoms with Gasteiger partial charge in [-0.2, -0.15) is 0 Å². The van der Waals surface area contributed by atoms with Crippen LogP contribution in [0, 0.1) is 20.8 Å². The number of ether oxygens (including phenoxy) is 3. The molecule has 152 valence electrons. The van der Waals surface area contributed by atoms with E-state index in [9.17, 15) is 4.79 Å². The molecule has 0 aliphatic rings. The first kappa shape index (κ1) is 21.6. The number of hydrogen-bond acceptors (Lipinski definition) is 4. The minimum absolute atomic E-state index is 0.162. The summed E-state index contributed by atoms with van der Waals surface area (Å²) in [5.41, 5.74) is 4.26. The summed E-state index contributed by atoms with van der Waals surface area (Å²) in [4.78, 5) is 12.5. The molecule has 0 fully saturated rings. The SMILES string of the molecule is CCOc1ccc(CNC(=O)[C@H](C)Oc2cc(C)cc(C)c2C)cc1OCC. The predicted molar refractivity (Wildman–Crippen MR) is 111 cm³/mol. The van der Waals surface area contributed by atoms with E-state index in [1.165, 1.54) is 0 Å². The quantitative estimate of drug-likeness (QED) is 0.691. The summed E-state index contributed by atoms with van der Waals surface area (Å²) in [6, 6.07) is 9.76. The van der Waals surface area contributed by atoms with Gasteiger partial charge in [-0.3, -0.25) is 4.79 Å². The smallest absolute Gasteiger partial charge is 0.261 e. The summed E-state index contributed by atoms with van der Waals surface area (Å²) in [6.07, 6.45) is -0.589. The Morgan fingerprint density at radius 3 is 2.32 bits per heavy atom. The van der Waals surface area contributed by atoms with Crippen molar-refractivity contribution >= 4 is 5.91 Å². The Hall–Kier alpha value is -2.69. The number of amides is 1. The minimum atomic E-state index is -0.589. The van der Waals surface area contributed by atoms with Gasteiger partial charge in [-0.15, -0.1) is 0 Å². The highest BCUT2D eigenvalue weighted by molar-refractivity contribution is 5.80. The second kappa shape index (κ2) is 10.0. The van der Waals surface area contributed by atoms with Crippen molar-refractivity contribution < 1.29 is 19.0 Å². The molecule has 0 saturated heterocycles. The van der Waals surface area contributed by atoms with E-state index in [4.69, 9.17) is 14.2 Å². The maximum atomic E-state index is 12.5. The van der Waals surface area contributed by atoms with Gasteiger partial charge < -0.3 is 19.5 Å². The first-order valence-corrected chi connectivity index (χ1v) is 9.76. The molecule has 1 atom stereocenters. The molecule has 0 bridgehead atoms. The van der Waals surface area contributed by atoms with Crippen LogP contribution in [0.4, 0.5) is 0 Å². The van der Waals surface area contributed by atoms with Crippen LogP contribution >= 0.6 is 0 Å². The predicted octanol–water partition coefficient (Wildman–Crippen LogP) is 4.49. The standard InChI is InChI=1S/C23H31NO4/c1-7-26-20-10-9-19(13-22(20)27-8-2)14-24-23(25)18(6)28-21-12-15(3)11-16(4)17(21)5/h9-13,18H,7-8,14H2,1-6H3,(H,24,25)/t18-/m0/s1. The summed E-state index contributed by atoms with van der Waals surface area (Å²) in [5.74, 6) is 1.98. The van der Waals surface area contributed by atoms with Crippen molar-refractivity contribution in [2.24, 2.45) is 0 Å². The largest absolute Gasteiger partial charge is 0.490 e. The number of benzene rings is 2. The van der Waals surface area contributed by atoms with E-state index in [0.717, 1.165) is 28.0 Å². The summed E-state index contributed by atoms with van der Waals surface area (Å²) in [6.45, 7) is 13.2. The van der Waals surface area contributed by atoms with Crippen LogP contribution in [0.15, 0.2) is 30.3 Å². The Bertz CT molecular complexity index is 816. The molecule has 1 N–H and O–H groups in total. The van der Waals surface area contributed by atoms with Crippen LogP contribution in [0.1, 0.15) is 43.0 Å². The molecule has 1 amide bonds. The zero-order chi connectivity index (χ0) is 20.7. The van der Waals surface area contributed by atoms with Crippen molar-refractivity contribution in [3.8, 4) is 17.2 Å². The van der Waals surface area contributed by atoms with Gasteiger partial charge in [0.1, 0.15) is 5.75 Å². The average molecular weight is 386 g/mol. The molecule has 0 heterocycles. The second-order valence-electron chi connectivity index (χ2n) is 6.83. The lowest BCUT2D eigenvalue weighted by Crippen LogP contribution is -2.36. The van der Waals surface area contributed by atoms with Gasteiger partial charge in [0.15, 0.2) is 17.6 Å². The van der Waals surface area contributed by atoms with E-state index in [2.05, 4.69) is 11.4 Å². The zero-order valence-corrected chi connectivity index (χ0v) is 17.7. The molecule has 0 aliphatic carbocycles. The van der Waals surface area contributed by atoms with Crippen molar-refractivity contribution in [1.82, 2.24) is 5.32 Å². The fourth-order valence-corrected chi connectivity index (χ4v) is 2.91. The topological polar surface area (TPSA) is 56.8 Å². The third kappa shape index (κ3) is 5.65. The van der Waals surface area contributed by atoms with E-state index >= 15 is 0 Å². The maximum absolute atomic E-state index is 12.5. The molecule has 2 rings (SSSR count). The highest BCUT2D eigenvalue weighted by Crippen LogP contribution is 2.28. The Balaban J connectivity index is 2.00. The Kier molecular flexibility index (Phi) is 7.73. The van der Waals surface area contributed by atoms with Crippen LogP contribution in [0.3, 0.4) is 0 Å². The highest BCUT2D eigenvalue weighted by Gasteiger charge is 2.16. The van der Waals surface area contributed by atoms with Crippen LogP contribution in [-0.4, -0.2) is 25.2 Å². The van der Waals surface area contributed by atoms with Crippen LogP contribution in [0.25, 0.3) is 0 Å². The normalized spacial score (nSPS) is 11.6. The van der Waals surface area contributed by atoms with Gasteiger partial charge in [0.25, 0.3) is 5.91 Å². The summed E-state index contributed by atoms with van der Waals surface area (Å²) in [7, 11) is 0. The lowest BCUT2D eigenvalue weighted by atomic mass is 10.1. The first-order valence-electron chi connectivity index (χ1n) is 9.76. The van der Waals surface area contributed by atoms with Gasteiger partial charge in [0, 0.05) is 6.54 Å². The van der Waals surface area contributed by atoms with Crippen LogP contribution < -0.4 is 19.5 Å². The molecule has 28 heavy (non-hydrogen) atoms. The summed E-state index contributed by atoms with van der Waals surface area (Å²) >= 11 is 0.